The Morgan fingerprint density at radius 2 is 1.75 bits per heavy atom. The van der Waals surface area contributed by atoms with Gasteiger partial charge in [-0.25, -0.2) is 0 Å². The van der Waals surface area contributed by atoms with E-state index in [0.717, 1.165) is 6.07 Å². The van der Waals surface area contributed by atoms with Crippen molar-refractivity contribution >= 4 is 40.3 Å². The Morgan fingerprint density at radius 3 is 2.36 bits per heavy atom. The van der Waals surface area contributed by atoms with Crippen molar-refractivity contribution in [2.45, 2.75) is 19.1 Å². The van der Waals surface area contributed by atoms with Gasteiger partial charge < -0.3 is 20.7 Å². The van der Waals surface area contributed by atoms with Gasteiger partial charge in [0.1, 0.15) is 11.8 Å². The Bertz CT molecular complexity index is 1290. The van der Waals surface area contributed by atoms with Gasteiger partial charge >= 0.3 is 6.18 Å². The molecule has 3 aromatic carbocycles. The van der Waals surface area contributed by atoms with Crippen LogP contribution in [0.15, 0.2) is 66.7 Å². The Labute approximate surface area is 209 Å². The summed E-state index contributed by atoms with van der Waals surface area (Å²) >= 11 is 5.32. The highest BCUT2D eigenvalue weighted by Gasteiger charge is 2.33. The molecule has 0 fully saturated rings. The van der Waals surface area contributed by atoms with Crippen molar-refractivity contribution in [3.8, 4) is 5.75 Å². The molecule has 1 unspecified atom stereocenters. The quantitative estimate of drug-likeness (QED) is 0.213. The Hall–Kier alpha value is -4.19. The molecule has 0 aliphatic heterocycles. The minimum absolute atomic E-state index is 0.0227. The molecule has 3 aromatic rings. The fourth-order valence-electron chi connectivity index (χ4n) is 3.36. The van der Waals surface area contributed by atoms with Crippen LogP contribution in [-0.4, -0.2) is 23.1 Å². The lowest BCUT2D eigenvalue weighted by Gasteiger charge is -2.22. The highest BCUT2D eigenvalue weighted by molar-refractivity contribution is 7.80. The smallest absolute Gasteiger partial charge is 0.416 e. The van der Waals surface area contributed by atoms with E-state index in [-0.39, 0.29) is 33.5 Å². The van der Waals surface area contributed by atoms with Crippen LogP contribution in [0.5, 0.6) is 5.75 Å². The summed E-state index contributed by atoms with van der Waals surface area (Å²) in [4.78, 5) is 23.7. The highest BCUT2D eigenvalue weighted by Crippen LogP contribution is 2.34. The van der Waals surface area contributed by atoms with Gasteiger partial charge in [0.25, 0.3) is 11.6 Å². The summed E-state index contributed by atoms with van der Waals surface area (Å²) in [5, 5.41) is 19.2. The number of hydrogen-bond donors (Lipinski definition) is 3. The second kappa shape index (κ2) is 11.0. The fourth-order valence-corrected chi connectivity index (χ4v) is 3.59. The van der Waals surface area contributed by atoms with Crippen LogP contribution < -0.4 is 20.7 Å². The molecule has 1 atom stereocenters. The summed E-state index contributed by atoms with van der Waals surface area (Å²) in [6, 6.07) is 14.7. The predicted molar refractivity (Wildman–Crippen MR) is 133 cm³/mol. The summed E-state index contributed by atoms with van der Waals surface area (Å²) in [6.07, 6.45) is -4.58. The van der Waals surface area contributed by atoms with Crippen molar-refractivity contribution < 1.29 is 27.6 Å². The van der Waals surface area contributed by atoms with Crippen LogP contribution in [0.3, 0.4) is 0 Å². The number of thiocarbonyl (C=S) groups is 1. The lowest BCUT2D eigenvalue weighted by molar-refractivity contribution is -0.384. The number of hydrogen-bond acceptors (Lipinski definition) is 5. The Balaban J connectivity index is 1.86. The topological polar surface area (TPSA) is 106 Å². The van der Waals surface area contributed by atoms with E-state index in [1.165, 1.54) is 44.4 Å². The van der Waals surface area contributed by atoms with Gasteiger partial charge in [0, 0.05) is 17.8 Å². The number of alkyl halides is 3. The fraction of sp³-hybridized carbons (Fsp3) is 0.167. The third-order valence-corrected chi connectivity index (χ3v) is 5.34. The number of non-ortho nitro benzene ring substituents is 1. The first kappa shape index (κ1) is 26.4. The van der Waals surface area contributed by atoms with Crippen LogP contribution in [0.2, 0.25) is 0 Å². The standard InChI is InChI=1S/C24H21F3N4O4S/c1-14-8-9-16(12-18(14)24(25,26)27)28-22(32)21(15-6-4-3-5-7-15)30-23(36)29-19-13-17(31(33)34)10-11-20(19)35-2/h3-13,21H,1-2H3,(H,28,32)(H2,29,30,36). The van der Waals surface area contributed by atoms with Crippen LogP contribution in [0, 0.1) is 17.0 Å². The van der Waals surface area contributed by atoms with Gasteiger partial charge in [-0.15, -0.1) is 0 Å². The van der Waals surface area contributed by atoms with Crippen molar-refractivity contribution in [3.63, 3.8) is 0 Å². The molecule has 0 saturated heterocycles. The lowest BCUT2D eigenvalue weighted by atomic mass is 10.0. The second-order valence-electron chi connectivity index (χ2n) is 7.60. The van der Waals surface area contributed by atoms with Crippen molar-refractivity contribution in [2.75, 3.05) is 17.7 Å². The molecule has 8 nitrogen and oxygen atoms in total. The zero-order valence-electron chi connectivity index (χ0n) is 19.1. The molecule has 0 radical (unpaired) electrons. The maximum Gasteiger partial charge on any atom is 0.416 e. The number of nitrogens with zero attached hydrogens (tertiary/aromatic N) is 1. The highest BCUT2D eigenvalue weighted by atomic mass is 32.1. The molecule has 0 aliphatic rings. The molecule has 0 heterocycles. The molecule has 1 amide bonds. The summed E-state index contributed by atoms with van der Waals surface area (Å²) in [6.45, 7) is 1.33. The zero-order chi connectivity index (χ0) is 26.5. The first-order chi connectivity index (χ1) is 17.0. The van der Waals surface area contributed by atoms with Crippen LogP contribution in [0.1, 0.15) is 22.7 Å². The number of halogens is 3. The maximum absolute atomic E-state index is 13.3. The number of nitrogens with one attached hydrogen (secondary N) is 3. The SMILES string of the molecule is COc1ccc([N+](=O)[O-])cc1NC(=S)NC(C(=O)Nc1ccc(C)c(C(F)(F)F)c1)c1ccccc1. The van der Waals surface area contributed by atoms with Crippen molar-refractivity contribution in [2.24, 2.45) is 0 Å². The zero-order valence-corrected chi connectivity index (χ0v) is 19.9. The number of rotatable bonds is 7. The van der Waals surface area contributed by atoms with E-state index in [0.29, 0.717) is 5.56 Å². The third-order valence-electron chi connectivity index (χ3n) is 5.12. The first-order valence-electron chi connectivity index (χ1n) is 10.4. The van der Waals surface area contributed by atoms with Gasteiger partial charge in [-0.1, -0.05) is 36.4 Å². The van der Waals surface area contributed by atoms with E-state index in [2.05, 4.69) is 16.0 Å². The van der Waals surface area contributed by atoms with Gasteiger partial charge in [-0.3, -0.25) is 14.9 Å². The molecule has 0 bridgehead atoms. The van der Waals surface area contributed by atoms with Gasteiger partial charge in [-0.05, 0) is 48.5 Å². The third kappa shape index (κ3) is 6.48. The summed E-state index contributed by atoms with van der Waals surface area (Å²) < 4.78 is 45.1. The average Bonchev–Trinajstić information content (AvgIpc) is 2.83. The second-order valence-corrected chi connectivity index (χ2v) is 8.01. The molecule has 3 N–H and O–H groups in total. The number of carbonyl (C=O) groups excluding carboxylic acids is 1. The molecule has 188 valence electrons. The normalized spacial score (nSPS) is 11.8. The van der Waals surface area contributed by atoms with Crippen LogP contribution >= 0.6 is 12.2 Å². The van der Waals surface area contributed by atoms with Crippen molar-refractivity contribution in [3.05, 3.63) is 93.5 Å². The molecule has 12 heteroatoms. The van der Waals surface area contributed by atoms with Gasteiger partial charge in [0.15, 0.2) is 5.11 Å². The van der Waals surface area contributed by atoms with E-state index in [4.69, 9.17) is 17.0 Å². The van der Waals surface area contributed by atoms with Gasteiger partial charge in [0.05, 0.1) is 23.3 Å². The number of carbonyl (C=O) groups is 1. The van der Waals surface area contributed by atoms with E-state index in [1.54, 1.807) is 30.3 Å². The Kier molecular flexibility index (Phi) is 8.10. The number of amides is 1. The number of nitro groups is 1. The minimum Gasteiger partial charge on any atom is -0.495 e. The van der Waals surface area contributed by atoms with Crippen LogP contribution in [-0.2, 0) is 11.0 Å². The molecule has 0 aliphatic carbocycles. The minimum atomic E-state index is -4.58. The number of nitro benzene ring substituents is 1. The molecule has 0 saturated carbocycles. The number of ether oxygens (including phenoxy) is 1. The molecular formula is C24H21F3N4O4S. The molecule has 0 spiro atoms. The van der Waals surface area contributed by atoms with E-state index >= 15 is 0 Å². The largest absolute Gasteiger partial charge is 0.495 e. The molecular weight excluding hydrogens is 497 g/mol. The number of benzene rings is 3. The van der Waals surface area contributed by atoms with E-state index in [1.807, 2.05) is 0 Å². The summed E-state index contributed by atoms with van der Waals surface area (Å²) in [5.41, 5.74) is -0.426. The summed E-state index contributed by atoms with van der Waals surface area (Å²) in [5.74, 6) is -0.405. The van der Waals surface area contributed by atoms with Crippen LogP contribution in [0.4, 0.5) is 30.2 Å². The van der Waals surface area contributed by atoms with E-state index < -0.39 is 28.6 Å². The maximum atomic E-state index is 13.3. The number of aryl methyl sites for hydroxylation is 1. The van der Waals surface area contributed by atoms with E-state index in [9.17, 15) is 28.1 Å². The number of anilines is 2. The van der Waals surface area contributed by atoms with Gasteiger partial charge in [-0.2, -0.15) is 13.2 Å². The lowest BCUT2D eigenvalue weighted by Crippen LogP contribution is -2.39. The molecule has 36 heavy (non-hydrogen) atoms. The molecule has 0 aromatic heterocycles. The summed E-state index contributed by atoms with van der Waals surface area (Å²) in [7, 11) is 1.37. The van der Waals surface area contributed by atoms with Crippen molar-refractivity contribution in [1.82, 2.24) is 5.32 Å². The van der Waals surface area contributed by atoms with Gasteiger partial charge in [0.2, 0.25) is 0 Å². The monoisotopic (exact) mass is 518 g/mol. The van der Waals surface area contributed by atoms with Crippen LogP contribution in [0.25, 0.3) is 0 Å². The predicted octanol–water partition coefficient (Wildman–Crippen LogP) is 5.60. The number of methoxy groups -OCH3 is 1. The Morgan fingerprint density at radius 1 is 1.06 bits per heavy atom. The van der Waals surface area contributed by atoms with Crippen molar-refractivity contribution in [1.29, 1.82) is 0 Å². The first-order valence-corrected chi connectivity index (χ1v) is 10.8. The molecule has 3 rings (SSSR count). The average molecular weight is 519 g/mol.